The smallest absolute Gasteiger partial charge is 0.0483 e. The summed E-state index contributed by atoms with van der Waals surface area (Å²) in [5.41, 5.74) is 4.12. The third kappa shape index (κ3) is 3.66. The maximum absolute atomic E-state index is 3.59. The van der Waals surface area contributed by atoms with E-state index >= 15 is 0 Å². The van der Waals surface area contributed by atoms with E-state index in [0.29, 0.717) is 6.04 Å². The fourth-order valence-electron chi connectivity index (χ4n) is 2.81. The monoisotopic (exact) mass is 287 g/mol. The lowest BCUT2D eigenvalue weighted by atomic mass is 10.1. The van der Waals surface area contributed by atoms with Gasteiger partial charge in [0.15, 0.2) is 0 Å². The second-order valence-corrected chi connectivity index (χ2v) is 6.25. The van der Waals surface area contributed by atoms with Gasteiger partial charge in [0.05, 0.1) is 0 Å². The zero-order chi connectivity index (χ0) is 15.4. The van der Waals surface area contributed by atoms with Crippen molar-refractivity contribution in [2.24, 2.45) is 7.05 Å². The van der Waals surface area contributed by atoms with E-state index in [1.807, 2.05) is 0 Å². The highest BCUT2D eigenvalue weighted by atomic mass is 15.1. The van der Waals surface area contributed by atoms with Crippen LogP contribution in [0.4, 0.5) is 0 Å². The Bertz CT molecular complexity index is 544. The minimum atomic E-state index is 0.630. The molecule has 116 valence electrons. The van der Waals surface area contributed by atoms with Crippen LogP contribution in [0.1, 0.15) is 31.5 Å². The molecule has 3 heteroatoms. The van der Waals surface area contributed by atoms with Crippen LogP contribution in [0.5, 0.6) is 0 Å². The standard InChI is InChI=1S/C18H29N3/c1-14(2)20(4)12-8-11-19-13-18-15(3)16-9-6-7-10-17(16)21(18)5/h6-7,9-10,14,19H,8,11-13H2,1-5H3. The van der Waals surface area contributed by atoms with E-state index in [-0.39, 0.29) is 0 Å². The number of aryl methyl sites for hydroxylation is 2. The van der Waals surface area contributed by atoms with Crippen molar-refractivity contribution >= 4 is 10.9 Å². The highest BCUT2D eigenvalue weighted by Gasteiger charge is 2.10. The van der Waals surface area contributed by atoms with Gasteiger partial charge in [-0.15, -0.1) is 0 Å². The van der Waals surface area contributed by atoms with Crippen LogP contribution >= 0.6 is 0 Å². The SMILES string of the molecule is Cc1c(CNCCCN(C)C(C)C)n(C)c2ccccc12. The van der Waals surface area contributed by atoms with Gasteiger partial charge in [-0.05, 0) is 59.0 Å². The molecule has 0 spiro atoms. The van der Waals surface area contributed by atoms with Gasteiger partial charge in [0, 0.05) is 36.2 Å². The van der Waals surface area contributed by atoms with Gasteiger partial charge in [-0.1, -0.05) is 18.2 Å². The van der Waals surface area contributed by atoms with Crippen LogP contribution in [0.25, 0.3) is 10.9 Å². The second-order valence-electron chi connectivity index (χ2n) is 6.25. The lowest BCUT2D eigenvalue weighted by Gasteiger charge is -2.20. The molecule has 0 saturated carbocycles. The van der Waals surface area contributed by atoms with Crippen molar-refractivity contribution in [1.82, 2.24) is 14.8 Å². The number of fused-ring (bicyclic) bond motifs is 1. The topological polar surface area (TPSA) is 20.2 Å². The summed E-state index contributed by atoms with van der Waals surface area (Å²) >= 11 is 0. The Morgan fingerprint density at radius 3 is 2.62 bits per heavy atom. The lowest BCUT2D eigenvalue weighted by molar-refractivity contribution is 0.269. The van der Waals surface area contributed by atoms with Crippen molar-refractivity contribution in [3.8, 4) is 0 Å². The largest absolute Gasteiger partial charge is 0.346 e. The molecule has 1 aromatic heterocycles. The van der Waals surface area contributed by atoms with Gasteiger partial charge < -0.3 is 14.8 Å². The van der Waals surface area contributed by atoms with Crippen LogP contribution in [0, 0.1) is 6.92 Å². The molecule has 0 aliphatic carbocycles. The fourth-order valence-corrected chi connectivity index (χ4v) is 2.81. The number of nitrogens with one attached hydrogen (secondary N) is 1. The van der Waals surface area contributed by atoms with Crippen molar-refractivity contribution in [3.05, 3.63) is 35.5 Å². The van der Waals surface area contributed by atoms with Crippen LogP contribution < -0.4 is 5.32 Å². The minimum absolute atomic E-state index is 0.630. The van der Waals surface area contributed by atoms with E-state index in [1.54, 1.807) is 0 Å². The average Bonchev–Trinajstić information content (AvgIpc) is 2.71. The summed E-state index contributed by atoms with van der Waals surface area (Å²) in [6.07, 6.45) is 1.19. The van der Waals surface area contributed by atoms with Crippen molar-refractivity contribution in [3.63, 3.8) is 0 Å². The maximum Gasteiger partial charge on any atom is 0.0483 e. The Kier molecular flexibility index (Phi) is 5.43. The van der Waals surface area contributed by atoms with Gasteiger partial charge in [0.2, 0.25) is 0 Å². The minimum Gasteiger partial charge on any atom is -0.346 e. The molecule has 2 rings (SSSR count). The second kappa shape index (κ2) is 7.10. The van der Waals surface area contributed by atoms with Gasteiger partial charge in [0.1, 0.15) is 0 Å². The van der Waals surface area contributed by atoms with Gasteiger partial charge in [-0.25, -0.2) is 0 Å². The first-order valence-electron chi connectivity index (χ1n) is 7.96. The van der Waals surface area contributed by atoms with Crippen LogP contribution in [0.15, 0.2) is 24.3 Å². The van der Waals surface area contributed by atoms with Crippen molar-refractivity contribution in [1.29, 1.82) is 0 Å². The van der Waals surface area contributed by atoms with Crippen molar-refractivity contribution < 1.29 is 0 Å². The summed E-state index contributed by atoms with van der Waals surface area (Å²) in [5.74, 6) is 0. The number of rotatable bonds is 7. The number of hydrogen-bond acceptors (Lipinski definition) is 2. The number of nitrogens with zero attached hydrogens (tertiary/aromatic N) is 2. The Balaban J connectivity index is 1.89. The Hall–Kier alpha value is -1.32. The van der Waals surface area contributed by atoms with Crippen LogP contribution in [-0.2, 0) is 13.6 Å². The summed E-state index contributed by atoms with van der Waals surface area (Å²) in [7, 11) is 4.36. The van der Waals surface area contributed by atoms with Crippen LogP contribution in [0.3, 0.4) is 0 Å². The first-order chi connectivity index (χ1) is 10.0. The van der Waals surface area contributed by atoms with Crippen LogP contribution in [0.2, 0.25) is 0 Å². The molecule has 21 heavy (non-hydrogen) atoms. The summed E-state index contributed by atoms with van der Waals surface area (Å²) in [5, 5.41) is 4.96. The lowest BCUT2D eigenvalue weighted by Crippen LogP contribution is -2.29. The Morgan fingerprint density at radius 1 is 1.24 bits per heavy atom. The van der Waals surface area contributed by atoms with E-state index in [9.17, 15) is 0 Å². The highest BCUT2D eigenvalue weighted by Crippen LogP contribution is 2.24. The van der Waals surface area contributed by atoms with E-state index in [4.69, 9.17) is 0 Å². The molecular weight excluding hydrogens is 258 g/mol. The fraction of sp³-hybridized carbons (Fsp3) is 0.556. The molecule has 0 aliphatic rings. The molecule has 0 radical (unpaired) electrons. The summed E-state index contributed by atoms with van der Waals surface area (Å²) in [6, 6.07) is 9.27. The molecule has 0 amide bonds. The van der Waals surface area contributed by atoms with E-state index in [0.717, 1.165) is 19.6 Å². The molecular formula is C18H29N3. The Labute approximate surface area is 128 Å². The van der Waals surface area contributed by atoms with Gasteiger partial charge >= 0.3 is 0 Å². The molecule has 0 aliphatic heterocycles. The predicted octanol–water partition coefficient (Wildman–Crippen LogP) is 3.31. The third-order valence-corrected chi connectivity index (χ3v) is 4.55. The zero-order valence-electron chi connectivity index (χ0n) is 14.1. The Morgan fingerprint density at radius 2 is 1.95 bits per heavy atom. The van der Waals surface area contributed by atoms with E-state index < -0.39 is 0 Å². The molecule has 0 atom stereocenters. The quantitative estimate of drug-likeness (QED) is 0.788. The molecule has 0 fully saturated rings. The number of aromatic nitrogens is 1. The maximum atomic E-state index is 3.59. The van der Waals surface area contributed by atoms with Gasteiger partial charge in [-0.2, -0.15) is 0 Å². The summed E-state index contributed by atoms with van der Waals surface area (Å²) in [6.45, 7) is 9.88. The van der Waals surface area contributed by atoms with Crippen LogP contribution in [-0.4, -0.2) is 35.6 Å². The molecule has 0 unspecified atom stereocenters. The number of para-hydroxylation sites is 1. The van der Waals surface area contributed by atoms with Crippen molar-refractivity contribution in [2.45, 2.75) is 39.8 Å². The molecule has 3 nitrogen and oxygen atoms in total. The van der Waals surface area contributed by atoms with Gasteiger partial charge in [0.25, 0.3) is 0 Å². The third-order valence-electron chi connectivity index (χ3n) is 4.55. The zero-order valence-corrected chi connectivity index (χ0v) is 14.1. The van der Waals surface area contributed by atoms with E-state index in [1.165, 1.54) is 28.6 Å². The van der Waals surface area contributed by atoms with Crippen molar-refractivity contribution in [2.75, 3.05) is 20.1 Å². The van der Waals surface area contributed by atoms with E-state index in [2.05, 4.69) is 73.9 Å². The molecule has 0 saturated heterocycles. The van der Waals surface area contributed by atoms with Gasteiger partial charge in [-0.3, -0.25) is 0 Å². The number of benzene rings is 1. The first-order valence-corrected chi connectivity index (χ1v) is 7.96. The molecule has 2 aromatic rings. The predicted molar refractivity (Wildman–Crippen MR) is 91.7 cm³/mol. The summed E-state index contributed by atoms with van der Waals surface area (Å²) in [4.78, 5) is 2.39. The molecule has 1 heterocycles. The molecule has 0 bridgehead atoms. The molecule has 1 aromatic carbocycles. The first kappa shape index (κ1) is 16.1. The highest BCUT2D eigenvalue weighted by molar-refractivity contribution is 5.85. The number of hydrogen-bond donors (Lipinski definition) is 1. The molecule has 1 N–H and O–H groups in total. The average molecular weight is 287 g/mol. The normalized spacial score (nSPS) is 12.0. The summed E-state index contributed by atoms with van der Waals surface area (Å²) < 4.78 is 2.32.